The second-order valence-corrected chi connectivity index (χ2v) is 22.3. The van der Waals surface area contributed by atoms with Crippen LogP contribution >= 0.6 is 11.8 Å². The molecule has 0 fully saturated rings. The average molecular weight is 1390 g/mol. The number of carbonyl (C=O) groups is 9. The molecule has 0 bridgehead atoms. The van der Waals surface area contributed by atoms with Crippen LogP contribution in [-0.2, 0) is 47.9 Å². The van der Waals surface area contributed by atoms with Gasteiger partial charge in [-0.05, 0) is 76.6 Å². The molecule has 0 aliphatic carbocycles. The Bertz CT molecular complexity index is 3470. The molecule has 0 spiro atoms. The summed E-state index contributed by atoms with van der Waals surface area (Å²) in [4.78, 5) is 125. The number of benzene rings is 5. The van der Waals surface area contributed by atoms with Crippen LogP contribution in [0.1, 0.15) is 91.5 Å². The maximum atomic E-state index is 10.7. The van der Waals surface area contributed by atoms with Gasteiger partial charge in [-0.15, -0.1) is 0 Å². The third kappa shape index (κ3) is 53.5. The van der Waals surface area contributed by atoms with Crippen LogP contribution in [0.25, 0.3) is 0 Å². The van der Waals surface area contributed by atoms with E-state index in [1.165, 1.54) is 11.8 Å². The smallest absolute Gasteiger partial charge is 0.391 e. The molecule has 0 saturated carbocycles. The van der Waals surface area contributed by atoms with Crippen molar-refractivity contribution in [1.29, 1.82) is 0 Å². The SMILES string of the molecule is CC(=NCC(=O)O)c1ccccc1.CC(C)(C)N=CC(=O)O.CC(C)=NCC(=O)O.CC(C)C(=NCC(=O)O)C(C)C.O=C(O)C1=NCCO1.O=C(O)C1=NCCS1.O=C(O)C=Nc1ccccc1.O=C(O)CN=C(c1ccccc1)c1ccccc1.O=C(O)CN=Cc1ccccc1. The second kappa shape index (κ2) is 53.7. The molecule has 2 aliphatic rings. The minimum atomic E-state index is -1.08. The van der Waals surface area contributed by atoms with Gasteiger partial charge < -0.3 is 50.7 Å². The van der Waals surface area contributed by atoms with E-state index in [1.54, 1.807) is 51.3 Å². The summed E-state index contributed by atoms with van der Waals surface area (Å²) in [5.41, 5.74) is 7.33. The van der Waals surface area contributed by atoms with Gasteiger partial charge in [0, 0.05) is 46.8 Å². The van der Waals surface area contributed by atoms with Crippen molar-refractivity contribution in [2.24, 2.45) is 56.8 Å². The fourth-order valence-corrected chi connectivity index (χ4v) is 7.33. The highest BCUT2D eigenvalue weighted by molar-refractivity contribution is 8.16. The molecule has 99 heavy (non-hydrogen) atoms. The Morgan fingerprint density at radius 3 is 1.23 bits per heavy atom. The summed E-state index contributed by atoms with van der Waals surface area (Å²) in [6.45, 7) is 19.7. The number of ether oxygens (including phenoxy) is 1. The zero-order valence-corrected chi connectivity index (χ0v) is 57.5. The van der Waals surface area contributed by atoms with E-state index in [0.29, 0.717) is 42.9 Å². The lowest BCUT2D eigenvalue weighted by molar-refractivity contribution is -0.136. The Morgan fingerprint density at radius 1 is 0.495 bits per heavy atom. The quantitative estimate of drug-likeness (QED) is 0.0308. The highest BCUT2D eigenvalue weighted by Gasteiger charge is 2.15. The molecule has 5 aromatic carbocycles. The number of nitrogens with zero attached hydrogens (tertiary/aromatic N) is 9. The lowest BCUT2D eigenvalue weighted by Gasteiger charge is -2.12. The fourth-order valence-electron chi connectivity index (χ4n) is 6.65. The van der Waals surface area contributed by atoms with Crippen molar-refractivity contribution in [3.05, 3.63) is 174 Å². The van der Waals surface area contributed by atoms with Crippen molar-refractivity contribution < 1.29 is 93.8 Å². The molecule has 9 N–H and O–H groups in total. The first kappa shape index (κ1) is 89.6. The molecule has 0 saturated heterocycles. The lowest BCUT2D eigenvalue weighted by Crippen LogP contribution is -2.17. The number of rotatable bonds is 21. The Kier molecular flexibility index (Phi) is 48.6. The van der Waals surface area contributed by atoms with Crippen molar-refractivity contribution in [3.8, 4) is 0 Å². The van der Waals surface area contributed by atoms with Crippen LogP contribution in [0.4, 0.5) is 5.69 Å². The minimum absolute atomic E-state index is 0.105. The van der Waals surface area contributed by atoms with Crippen molar-refractivity contribution in [2.75, 3.05) is 58.2 Å². The summed E-state index contributed by atoms with van der Waals surface area (Å²) in [5, 5.41) is 74.9. The van der Waals surface area contributed by atoms with E-state index in [2.05, 4.69) is 49.7 Å². The van der Waals surface area contributed by atoms with Gasteiger partial charge in [-0.25, -0.2) is 29.2 Å². The van der Waals surface area contributed by atoms with Gasteiger partial charge in [-0.1, -0.05) is 179 Å². The molecule has 2 heterocycles. The number of carboxylic acids is 9. The average Bonchev–Trinajstić information content (AvgIpc) is 1.45. The molecule has 7 rings (SSSR count). The van der Waals surface area contributed by atoms with Gasteiger partial charge in [0.1, 0.15) is 51.8 Å². The van der Waals surface area contributed by atoms with E-state index in [-0.39, 0.29) is 49.2 Å². The highest BCUT2D eigenvalue weighted by atomic mass is 32.2. The van der Waals surface area contributed by atoms with Gasteiger partial charge in [0.05, 0.1) is 23.5 Å². The van der Waals surface area contributed by atoms with Gasteiger partial charge in [0.15, 0.2) is 5.04 Å². The molecule has 532 valence electrons. The molecular weight excluding hydrogens is 1300 g/mol. The predicted octanol–water partition coefficient (Wildman–Crippen LogP) is 9.88. The van der Waals surface area contributed by atoms with Gasteiger partial charge in [0.2, 0.25) is 0 Å². The standard InChI is InChI=1S/C15H13NO2.C10H11NO2.C9H9NO2.C9H17NO2.C8H7NO2.C6H11NO2.C5H9NO2.C4H5NO3.C4H5NO2S/c17-14(18)11-16-15(12-7-3-1-4-8-12)13-9-5-2-6-10-13;1-8(11-7-10(12)13)9-5-3-2-4-6-9;11-9(12)7-10-6-8-4-2-1-3-5-8;1-6(2)9(7(3)4)10-5-8(11)12;10-8(11)6-9-7-4-2-1-3-5-7;1-6(2,3)7-4-5(8)9;1-4(2)6-3-5(7)8;2*6-4(7)3-5-1-2-8-3/h1-10H,11H2,(H,17,18);2-6H,7H2,1H3,(H,12,13);1-6H,7H2,(H,11,12);6-7H,5H2,1-4H3,(H,11,12);1-6H,(H,10,11);4H,1-3H3,(H,8,9);3H2,1-2H3,(H,7,8);2*1-2H2,(H,6,7). The van der Waals surface area contributed by atoms with Crippen LogP contribution in [-0.4, -0.2) is 216 Å². The topological polar surface area (TPSA) is 456 Å². The Balaban J connectivity index is 0. The number of hydrogen-bond acceptors (Lipinski definition) is 20. The van der Waals surface area contributed by atoms with Crippen molar-refractivity contribution in [1.82, 2.24) is 0 Å². The summed E-state index contributed by atoms with van der Waals surface area (Å²) >= 11 is 1.30. The summed E-state index contributed by atoms with van der Waals surface area (Å²) < 4.78 is 4.56. The van der Waals surface area contributed by atoms with Gasteiger partial charge in [-0.3, -0.25) is 58.9 Å². The van der Waals surface area contributed by atoms with E-state index in [1.807, 2.05) is 176 Å². The Labute approximate surface area is 578 Å². The van der Waals surface area contributed by atoms with Crippen LogP contribution in [0.2, 0.25) is 0 Å². The second-order valence-electron chi connectivity index (χ2n) is 21.2. The maximum absolute atomic E-state index is 10.7. The largest absolute Gasteiger partial charge is 0.480 e. The Morgan fingerprint density at radius 2 is 0.909 bits per heavy atom. The zero-order chi connectivity index (χ0) is 75.1. The summed E-state index contributed by atoms with van der Waals surface area (Å²) in [6, 6.07) is 47.0. The van der Waals surface area contributed by atoms with Gasteiger partial charge >= 0.3 is 53.7 Å². The number of aliphatic carboxylic acids is 9. The highest BCUT2D eigenvalue weighted by Crippen LogP contribution is 2.13. The molecule has 29 heteroatoms. The van der Waals surface area contributed by atoms with Crippen LogP contribution in [0, 0.1) is 11.8 Å². The number of para-hydroxylation sites is 1. The Hall–Kier alpha value is -11.5. The van der Waals surface area contributed by atoms with Crippen molar-refractivity contribution >= 4 is 124 Å². The van der Waals surface area contributed by atoms with Crippen LogP contribution < -0.4 is 0 Å². The number of carboxylic acid groups (broad SMARTS) is 9. The van der Waals surface area contributed by atoms with Crippen LogP contribution in [0.15, 0.2) is 197 Å². The van der Waals surface area contributed by atoms with Gasteiger partial charge in [-0.2, -0.15) is 0 Å². The van der Waals surface area contributed by atoms with Crippen LogP contribution in [0.3, 0.4) is 0 Å². The molecule has 0 atom stereocenters. The first-order valence-corrected chi connectivity index (χ1v) is 30.9. The lowest BCUT2D eigenvalue weighted by atomic mass is 9.97. The van der Waals surface area contributed by atoms with Crippen molar-refractivity contribution in [3.63, 3.8) is 0 Å². The zero-order valence-electron chi connectivity index (χ0n) is 56.7. The molecule has 0 amide bonds. The number of aliphatic imine (C=N–C) groups is 9. The molecule has 2 aliphatic heterocycles. The minimum Gasteiger partial charge on any atom is -0.480 e. The molecule has 0 aromatic heterocycles. The third-order valence-corrected chi connectivity index (χ3v) is 11.6. The van der Waals surface area contributed by atoms with E-state index < -0.39 is 53.7 Å². The molecule has 28 nitrogen and oxygen atoms in total. The molecular formula is C70H87N9O19S. The maximum Gasteiger partial charge on any atom is 0.391 e. The van der Waals surface area contributed by atoms with Gasteiger partial charge in [0.25, 0.3) is 5.90 Å². The van der Waals surface area contributed by atoms with E-state index in [0.717, 1.165) is 57.6 Å². The first-order valence-electron chi connectivity index (χ1n) is 29.9. The summed E-state index contributed by atoms with van der Waals surface area (Å²) in [7, 11) is 0. The molecule has 5 aromatic rings. The molecule has 0 radical (unpaired) electrons. The summed E-state index contributed by atoms with van der Waals surface area (Å²) in [6.07, 6.45) is 3.34. The monoisotopic (exact) mass is 1390 g/mol. The fraction of sp³-hybridized carbons (Fsp3) is 0.314. The molecule has 0 unspecified atom stereocenters. The first-order chi connectivity index (χ1) is 46.6. The third-order valence-electron chi connectivity index (χ3n) is 10.7. The van der Waals surface area contributed by atoms with E-state index >= 15 is 0 Å². The van der Waals surface area contributed by atoms with Crippen molar-refractivity contribution in [2.45, 2.75) is 74.8 Å². The van der Waals surface area contributed by atoms with E-state index in [9.17, 15) is 43.2 Å². The van der Waals surface area contributed by atoms with E-state index in [4.69, 9.17) is 46.0 Å². The normalized spacial score (nSPS) is 11.6. The van der Waals surface area contributed by atoms with Crippen LogP contribution in [0.5, 0.6) is 0 Å². The number of hydrogen-bond donors (Lipinski definition) is 9. The predicted molar refractivity (Wildman–Crippen MR) is 386 cm³/mol. The summed E-state index contributed by atoms with van der Waals surface area (Å²) in [5.74, 6) is -7.17. The number of thioether (sulfide) groups is 1.